The molecule has 0 aromatic carbocycles. The summed E-state index contributed by atoms with van der Waals surface area (Å²) in [4.78, 5) is 26.6. The summed E-state index contributed by atoms with van der Waals surface area (Å²) >= 11 is 0. The van der Waals surface area contributed by atoms with Gasteiger partial charge in [0.15, 0.2) is 17.4 Å². The predicted octanol–water partition coefficient (Wildman–Crippen LogP) is 1.22. The highest BCUT2D eigenvalue weighted by Crippen LogP contribution is 2.18. The third kappa shape index (κ3) is 2.18. The van der Waals surface area contributed by atoms with E-state index in [-0.39, 0.29) is 17.3 Å². The van der Waals surface area contributed by atoms with Gasteiger partial charge in [0, 0.05) is 27.1 Å². The van der Waals surface area contributed by atoms with E-state index in [0.717, 1.165) is 4.90 Å². The number of hydrogen-bond acceptors (Lipinski definition) is 3. The normalized spacial score (nSPS) is 9.87. The van der Waals surface area contributed by atoms with Gasteiger partial charge in [-0.2, -0.15) is 0 Å². The van der Waals surface area contributed by atoms with Crippen LogP contribution in [0.15, 0.2) is 12.3 Å². The number of ketones is 1. The fourth-order valence-corrected chi connectivity index (χ4v) is 1.03. The van der Waals surface area contributed by atoms with E-state index in [9.17, 15) is 14.0 Å². The lowest BCUT2D eigenvalue weighted by molar-refractivity contribution is -0.116. The Balaban J connectivity index is 3.26. The first-order valence-corrected chi connectivity index (χ1v) is 4.20. The summed E-state index contributed by atoms with van der Waals surface area (Å²) in [7, 11) is 1.38. The molecule has 0 atom stereocenters. The number of Topliss-reactive ketones (excluding diaryl/α,β-unsaturated/α-hetero) is 1. The molecule has 79 valence electrons. The maximum atomic E-state index is 13.6. The minimum Gasteiger partial charge on any atom is -0.298 e. The minimum absolute atomic E-state index is 0.169. The Morgan fingerprint density at radius 2 is 2.13 bits per heavy atom. The molecule has 0 spiro atoms. The third-order valence-corrected chi connectivity index (χ3v) is 1.96. The molecule has 0 N–H and O–H groups in total. The molecule has 0 aliphatic carbocycles. The minimum atomic E-state index is -0.824. The van der Waals surface area contributed by atoms with Crippen LogP contribution in [0.4, 0.5) is 10.2 Å². The molecule has 4 nitrogen and oxygen atoms in total. The van der Waals surface area contributed by atoms with Crippen LogP contribution in [0, 0.1) is 12.7 Å². The predicted molar refractivity (Wildman–Crippen MR) is 53.0 cm³/mol. The molecule has 1 aromatic heterocycles. The van der Waals surface area contributed by atoms with E-state index < -0.39 is 11.6 Å². The lowest BCUT2D eigenvalue weighted by atomic mass is 10.2. The SMILES string of the molecule is [CH2]C(=O)c1ccnc(N(C)C(C)=O)c1F. The summed E-state index contributed by atoms with van der Waals surface area (Å²) in [5, 5.41) is 0. The zero-order chi connectivity index (χ0) is 11.6. The van der Waals surface area contributed by atoms with Gasteiger partial charge in [-0.05, 0) is 6.07 Å². The first kappa shape index (κ1) is 11.3. The number of halogens is 1. The van der Waals surface area contributed by atoms with Crippen LogP contribution in [0.1, 0.15) is 17.3 Å². The van der Waals surface area contributed by atoms with E-state index in [1.165, 1.54) is 26.2 Å². The van der Waals surface area contributed by atoms with Gasteiger partial charge in [-0.3, -0.25) is 14.5 Å². The number of carbonyl (C=O) groups is 2. The van der Waals surface area contributed by atoms with Gasteiger partial charge in [-0.1, -0.05) is 0 Å². The second-order valence-electron chi connectivity index (χ2n) is 3.00. The van der Waals surface area contributed by atoms with Gasteiger partial charge in [0.05, 0.1) is 5.56 Å². The number of pyridine rings is 1. The monoisotopic (exact) mass is 209 g/mol. The van der Waals surface area contributed by atoms with Gasteiger partial charge < -0.3 is 0 Å². The van der Waals surface area contributed by atoms with Crippen molar-refractivity contribution in [2.24, 2.45) is 0 Å². The number of anilines is 1. The first-order chi connectivity index (χ1) is 6.95. The van der Waals surface area contributed by atoms with E-state index in [0.29, 0.717) is 0 Å². The molecule has 1 aromatic rings. The summed E-state index contributed by atoms with van der Waals surface area (Å²) in [5.41, 5.74) is -0.173. The number of nitrogens with zero attached hydrogens (tertiary/aromatic N) is 2. The van der Waals surface area contributed by atoms with Crippen LogP contribution in [0.3, 0.4) is 0 Å². The molecule has 15 heavy (non-hydrogen) atoms. The summed E-state index contributed by atoms with van der Waals surface area (Å²) in [6.45, 7) is 4.38. The molecule has 0 saturated heterocycles. The van der Waals surface area contributed by atoms with Crippen LogP contribution in [0.5, 0.6) is 0 Å². The molecule has 1 amide bonds. The van der Waals surface area contributed by atoms with E-state index in [4.69, 9.17) is 0 Å². The molecule has 0 saturated carbocycles. The van der Waals surface area contributed by atoms with Crippen molar-refractivity contribution < 1.29 is 14.0 Å². The Kier molecular flexibility index (Phi) is 3.14. The second-order valence-corrected chi connectivity index (χ2v) is 3.00. The maximum Gasteiger partial charge on any atom is 0.224 e. The van der Waals surface area contributed by atoms with Crippen molar-refractivity contribution >= 4 is 17.5 Å². The quantitative estimate of drug-likeness (QED) is 0.688. The number of amides is 1. The van der Waals surface area contributed by atoms with Crippen LogP contribution >= 0.6 is 0 Å². The summed E-state index contributed by atoms with van der Waals surface area (Å²) in [5.74, 6) is -2.00. The molecule has 0 fully saturated rings. The largest absolute Gasteiger partial charge is 0.298 e. The Bertz CT molecular complexity index is 418. The third-order valence-electron chi connectivity index (χ3n) is 1.96. The zero-order valence-electron chi connectivity index (χ0n) is 8.45. The average Bonchev–Trinajstić information content (AvgIpc) is 2.16. The highest BCUT2D eigenvalue weighted by Gasteiger charge is 2.17. The van der Waals surface area contributed by atoms with Gasteiger partial charge in [-0.25, -0.2) is 9.37 Å². The van der Waals surface area contributed by atoms with E-state index in [1.54, 1.807) is 0 Å². The van der Waals surface area contributed by atoms with Crippen molar-refractivity contribution in [3.05, 3.63) is 30.6 Å². The van der Waals surface area contributed by atoms with Crippen LogP contribution in [0.25, 0.3) is 0 Å². The van der Waals surface area contributed by atoms with Crippen molar-refractivity contribution in [3.8, 4) is 0 Å². The highest BCUT2D eigenvalue weighted by molar-refractivity contribution is 6.01. The topological polar surface area (TPSA) is 50.3 Å². The smallest absolute Gasteiger partial charge is 0.224 e. The van der Waals surface area contributed by atoms with Crippen LogP contribution in [-0.4, -0.2) is 23.7 Å². The Hall–Kier alpha value is -1.78. The van der Waals surface area contributed by atoms with Gasteiger partial charge >= 0.3 is 0 Å². The van der Waals surface area contributed by atoms with Crippen molar-refractivity contribution in [3.63, 3.8) is 0 Å². The number of aromatic nitrogens is 1. The van der Waals surface area contributed by atoms with Crippen molar-refractivity contribution in [1.29, 1.82) is 0 Å². The summed E-state index contributed by atoms with van der Waals surface area (Å²) in [6, 6.07) is 1.22. The maximum absolute atomic E-state index is 13.6. The van der Waals surface area contributed by atoms with Crippen molar-refractivity contribution in [1.82, 2.24) is 4.98 Å². The van der Waals surface area contributed by atoms with E-state index in [1.807, 2.05) is 0 Å². The average molecular weight is 209 g/mol. The fourth-order valence-electron chi connectivity index (χ4n) is 1.03. The summed E-state index contributed by atoms with van der Waals surface area (Å²) < 4.78 is 13.6. The van der Waals surface area contributed by atoms with E-state index in [2.05, 4.69) is 11.9 Å². The fraction of sp³-hybridized carbons (Fsp3) is 0.200. The molecule has 0 bridgehead atoms. The zero-order valence-corrected chi connectivity index (χ0v) is 8.45. The van der Waals surface area contributed by atoms with Crippen molar-refractivity contribution in [2.75, 3.05) is 11.9 Å². The second kappa shape index (κ2) is 4.16. The lowest BCUT2D eigenvalue weighted by Crippen LogP contribution is -2.25. The summed E-state index contributed by atoms with van der Waals surface area (Å²) in [6.07, 6.45) is 1.26. The molecule has 5 heteroatoms. The molecular weight excluding hydrogens is 199 g/mol. The molecule has 0 aliphatic rings. The van der Waals surface area contributed by atoms with Gasteiger partial charge in [0.25, 0.3) is 0 Å². The highest BCUT2D eigenvalue weighted by atomic mass is 19.1. The Morgan fingerprint density at radius 1 is 1.53 bits per heavy atom. The number of rotatable bonds is 2. The number of carbonyl (C=O) groups excluding carboxylic acids is 2. The molecule has 1 radical (unpaired) electrons. The molecular formula is C10H10FN2O2. The Morgan fingerprint density at radius 3 is 2.60 bits per heavy atom. The van der Waals surface area contributed by atoms with E-state index >= 15 is 0 Å². The van der Waals surface area contributed by atoms with Gasteiger partial charge in [0.2, 0.25) is 5.91 Å². The Labute approximate surface area is 86.7 Å². The van der Waals surface area contributed by atoms with Crippen molar-refractivity contribution in [2.45, 2.75) is 6.92 Å². The molecule has 0 unspecified atom stereocenters. The molecule has 0 aliphatic heterocycles. The standard InChI is InChI=1S/C10H10FN2O2/c1-6(14)8-4-5-12-10(9(8)11)13(3)7(2)15/h4-5H,1H2,2-3H3. The number of hydrogen-bond donors (Lipinski definition) is 0. The van der Waals surface area contributed by atoms with Crippen LogP contribution in [0.2, 0.25) is 0 Å². The van der Waals surface area contributed by atoms with Crippen LogP contribution in [-0.2, 0) is 4.79 Å². The van der Waals surface area contributed by atoms with Crippen LogP contribution < -0.4 is 4.90 Å². The van der Waals surface area contributed by atoms with Gasteiger partial charge in [-0.15, -0.1) is 0 Å². The lowest BCUT2D eigenvalue weighted by Gasteiger charge is -2.15. The molecule has 1 rings (SSSR count). The molecule has 1 heterocycles. The first-order valence-electron chi connectivity index (χ1n) is 4.20. The van der Waals surface area contributed by atoms with Gasteiger partial charge in [0.1, 0.15) is 0 Å².